The van der Waals surface area contributed by atoms with Crippen LogP contribution in [0.5, 0.6) is 0 Å². The third kappa shape index (κ3) is 3.11. The van der Waals surface area contributed by atoms with Crippen LogP contribution in [0.3, 0.4) is 0 Å². The molecule has 1 N–H and O–H groups in total. The molecule has 1 saturated carbocycles. The van der Waals surface area contributed by atoms with Crippen molar-refractivity contribution >= 4 is 18.5 Å². The maximum Gasteiger partial charge on any atom is 0.229 e. The molecular weight excluding hydrogens is 146 g/mol. The molecule has 0 radical (unpaired) electrons. The smallest absolute Gasteiger partial charge is 0.229 e. The summed E-state index contributed by atoms with van der Waals surface area (Å²) in [5, 5.41) is 2.79. The van der Waals surface area contributed by atoms with E-state index in [1.807, 2.05) is 0 Å². The predicted octanol–water partition coefficient (Wildman–Crippen LogP) is 0.833. The van der Waals surface area contributed by atoms with Gasteiger partial charge in [-0.1, -0.05) is 12.8 Å². The van der Waals surface area contributed by atoms with Crippen LogP contribution < -0.4 is 5.32 Å². The molecule has 0 spiro atoms. The van der Waals surface area contributed by atoms with Crippen molar-refractivity contribution in [2.75, 3.05) is 12.3 Å². The minimum absolute atomic E-state index is 0.0454. The number of amides is 1. The van der Waals surface area contributed by atoms with Gasteiger partial charge < -0.3 is 5.32 Å². The minimum Gasteiger partial charge on any atom is -0.355 e. The molecular formula is C7H13NOS. The molecule has 10 heavy (non-hydrogen) atoms. The Morgan fingerprint density at radius 2 is 2.30 bits per heavy atom. The van der Waals surface area contributed by atoms with Crippen LogP contribution >= 0.6 is 12.6 Å². The third-order valence-corrected chi connectivity index (χ3v) is 2.00. The average molecular weight is 159 g/mol. The van der Waals surface area contributed by atoms with Gasteiger partial charge in [0.05, 0.1) is 5.75 Å². The van der Waals surface area contributed by atoms with E-state index in [1.165, 1.54) is 12.8 Å². The minimum atomic E-state index is 0.0454. The summed E-state index contributed by atoms with van der Waals surface area (Å²) in [5.74, 6) is 1.26. The zero-order valence-electron chi connectivity index (χ0n) is 5.97. The molecule has 3 heteroatoms. The second-order valence-corrected chi connectivity index (χ2v) is 3.06. The first-order valence-electron chi connectivity index (χ1n) is 3.70. The number of rotatable bonds is 4. The van der Waals surface area contributed by atoms with Gasteiger partial charge >= 0.3 is 0 Å². The van der Waals surface area contributed by atoms with E-state index in [-0.39, 0.29) is 5.91 Å². The molecule has 2 nitrogen and oxygen atoms in total. The van der Waals surface area contributed by atoms with E-state index >= 15 is 0 Å². The Morgan fingerprint density at radius 1 is 1.60 bits per heavy atom. The molecule has 0 saturated heterocycles. The molecule has 0 aromatic rings. The van der Waals surface area contributed by atoms with Crippen LogP contribution in [0.2, 0.25) is 0 Å². The van der Waals surface area contributed by atoms with Crippen LogP contribution in [0.25, 0.3) is 0 Å². The van der Waals surface area contributed by atoms with Crippen molar-refractivity contribution in [3.63, 3.8) is 0 Å². The summed E-state index contributed by atoms with van der Waals surface area (Å²) in [6.45, 7) is 0.837. The highest BCUT2D eigenvalue weighted by atomic mass is 32.1. The summed E-state index contributed by atoms with van der Waals surface area (Å²) in [7, 11) is 0. The number of nitrogens with one attached hydrogen (secondary N) is 1. The van der Waals surface area contributed by atoms with Gasteiger partial charge in [-0.05, 0) is 12.3 Å². The summed E-state index contributed by atoms with van der Waals surface area (Å²) in [5.41, 5.74) is 0. The number of carbonyl (C=O) groups is 1. The van der Waals surface area contributed by atoms with E-state index in [1.54, 1.807) is 0 Å². The average Bonchev–Trinajstić information content (AvgIpc) is 2.71. The Hall–Kier alpha value is -0.180. The topological polar surface area (TPSA) is 29.1 Å². The highest BCUT2D eigenvalue weighted by Gasteiger charge is 2.20. The molecule has 0 bridgehead atoms. The highest BCUT2D eigenvalue weighted by molar-refractivity contribution is 7.81. The largest absolute Gasteiger partial charge is 0.355 e. The molecule has 58 valence electrons. The molecule has 0 aromatic heterocycles. The molecule has 0 unspecified atom stereocenters. The monoisotopic (exact) mass is 159 g/mol. The number of carbonyl (C=O) groups excluding carboxylic acids is 1. The standard InChI is InChI=1S/C7H13NOS/c9-7(5-10)8-4-3-6-1-2-6/h6,10H,1-5H2,(H,8,9). The predicted molar refractivity (Wildman–Crippen MR) is 44.2 cm³/mol. The normalized spacial score (nSPS) is 16.9. The number of hydrogen-bond donors (Lipinski definition) is 2. The molecule has 1 aliphatic rings. The van der Waals surface area contributed by atoms with Crippen molar-refractivity contribution in [2.24, 2.45) is 5.92 Å². The van der Waals surface area contributed by atoms with Crippen LogP contribution in [0.1, 0.15) is 19.3 Å². The van der Waals surface area contributed by atoms with Crippen LogP contribution in [0.4, 0.5) is 0 Å². The fourth-order valence-electron chi connectivity index (χ4n) is 0.878. The fourth-order valence-corrected chi connectivity index (χ4v) is 0.990. The Morgan fingerprint density at radius 3 is 2.80 bits per heavy atom. The highest BCUT2D eigenvalue weighted by Crippen LogP contribution is 2.31. The molecule has 1 aliphatic carbocycles. The third-order valence-electron chi connectivity index (χ3n) is 1.72. The van der Waals surface area contributed by atoms with E-state index in [4.69, 9.17) is 0 Å². The van der Waals surface area contributed by atoms with Crippen LogP contribution in [0.15, 0.2) is 0 Å². The molecule has 0 aromatic carbocycles. The van der Waals surface area contributed by atoms with Gasteiger partial charge in [-0.15, -0.1) is 0 Å². The molecule has 0 heterocycles. The van der Waals surface area contributed by atoms with Gasteiger partial charge in [-0.25, -0.2) is 0 Å². The van der Waals surface area contributed by atoms with Crippen molar-refractivity contribution in [1.82, 2.24) is 5.32 Å². The lowest BCUT2D eigenvalue weighted by atomic mass is 10.3. The van der Waals surface area contributed by atoms with Crippen molar-refractivity contribution in [2.45, 2.75) is 19.3 Å². The van der Waals surface area contributed by atoms with E-state index < -0.39 is 0 Å². The van der Waals surface area contributed by atoms with Crippen LogP contribution in [-0.2, 0) is 4.79 Å². The number of thiol groups is 1. The summed E-state index contributed by atoms with van der Waals surface area (Å²) in [6, 6.07) is 0. The quantitative estimate of drug-likeness (QED) is 0.585. The van der Waals surface area contributed by atoms with E-state index in [0.717, 1.165) is 18.9 Å². The van der Waals surface area contributed by atoms with E-state index in [0.29, 0.717) is 5.75 Å². The maximum absolute atomic E-state index is 10.6. The summed E-state index contributed by atoms with van der Waals surface area (Å²) >= 11 is 3.84. The van der Waals surface area contributed by atoms with Gasteiger partial charge in [0, 0.05) is 6.54 Å². The molecule has 1 fully saturated rings. The van der Waals surface area contributed by atoms with Gasteiger partial charge in [0.15, 0.2) is 0 Å². The summed E-state index contributed by atoms with van der Waals surface area (Å²) in [6.07, 6.45) is 3.87. The van der Waals surface area contributed by atoms with Crippen molar-refractivity contribution in [3.8, 4) is 0 Å². The molecule has 0 aliphatic heterocycles. The van der Waals surface area contributed by atoms with Crippen molar-refractivity contribution < 1.29 is 4.79 Å². The van der Waals surface area contributed by atoms with Crippen molar-refractivity contribution in [3.05, 3.63) is 0 Å². The lowest BCUT2D eigenvalue weighted by Crippen LogP contribution is -2.25. The van der Waals surface area contributed by atoms with Gasteiger partial charge in [0.25, 0.3) is 0 Å². The number of hydrogen-bond acceptors (Lipinski definition) is 2. The van der Waals surface area contributed by atoms with E-state index in [2.05, 4.69) is 17.9 Å². The summed E-state index contributed by atoms with van der Waals surface area (Å²) < 4.78 is 0. The Bertz CT molecular complexity index is 123. The summed E-state index contributed by atoms with van der Waals surface area (Å²) in [4.78, 5) is 10.6. The first-order valence-corrected chi connectivity index (χ1v) is 4.33. The fraction of sp³-hybridized carbons (Fsp3) is 0.857. The van der Waals surface area contributed by atoms with Crippen LogP contribution in [-0.4, -0.2) is 18.2 Å². The first kappa shape index (κ1) is 7.92. The Balaban J connectivity index is 1.88. The van der Waals surface area contributed by atoms with Gasteiger partial charge in [0.2, 0.25) is 5.91 Å². The molecule has 0 atom stereocenters. The van der Waals surface area contributed by atoms with Crippen molar-refractivity contribution in [1.29, 1.82) is 0 Å². The zero-order chi connectivity index (χ0) is 7.40. The SMILES string of the molecule is O=C(CS)NCCC1CC1. The van der Waals surface area contributed by atoms with Crippen LogP contribution in [0, 0.1) is 5.92 Å². The zero-order valence-corrected chi connectivity index (χ0v) is 6.86. The van der Waals surface area contributed by atoms with Gasteiger partial charge in [0.1, 0.15) is 0 Å². The van der Waals surface area contributed by atoms with Gasteiger partial charge in [-0.2, -0.15) is 12.6 Å². The molecule has 1 amide bonds. The molecule has 1 rings (SSSR count). The maximum atomic E-state index is 10.6. The van der Waals surface area contributed by atoms with E-state index in [9.17, 15) is 4.79 Å². The Kier molecular flexibility index (Phi) is 3.06. The second kappa shape index (κ2) is 3.86. The first-order chi connectivity index (χ1) is 4.83. The van der Waals surface area contributed by atoms with Gasteiger partial charge in [-0.3, -0.25) is 4.79 Å². The lowest BCUT2D eigenvalue weighted by Gasteiger charge is -2.00. The Labute approximate surface area is 66.8 Å². The second-order valence-electron chi connectivity index (χ2n) is 2.74. The lowest BCUT2D eigenvalue weighted by molar-refractivity contribution is -0.118.